The second kappa shape index (κ2) is 7.05. The molecule has 1 amide bonds. The van der Waals surface area contributed by atoms with E-state index < -0.39 is 0 Å². The number of carbonyl (C=O) groups is 1. The lowest BCUT2D eigenvalue weighted by Crippen LogP contribution is -2.49. The van der Waals surface area contributed by atoms with Crippen molar-refractivity contribution in [3.05, 3.63) is 6.20 Å². The largest absolute Gasteiger partial charge is 0.450 e. The van der Waals surface area contributed by atoms with Gasteiger partial charge in [-0.15, -0.1) is 5.10 Å². The van der Waals surface area contributed by atoms with Gasteiger partial charge in [0.1, 0.15) is 0 Å². The lowest BCUT2D eigenvalue weighted by atomic mass is 10.3. The summed E-state index contributed by atoms with van der Waals surface area (Å²) in [4.78, 5) is 19.8. The Morgan fingerprint density at radius 2 is 2.10 bits per heavy atom. The minimum absolute atomic E-state index is 0.258. The highest BCUT2D eigenvalue weighted by molar-refractivity contribution is 5.68. The number of aromatic nitrogens is 3. The maximum absolute atomic E-state index is 11.6. The van der Waals surface area contributed by atoms with E-state index in [2.05, 4.69) is 20.5 Å². The molecule has 1 saturated heterocycles. The van der Waals surface area contributed by atoms with Gasteiger partial charge in [-0.1, -0.05) is 0 Å². The van der Waals surface area contributed by atoms with Crippen LogP contribution in [-0.4, -0.2) is 65.0 Å². The molecule has 0 saturated carbocycles. The van der Waals surface area contributed by atoms with Gasteiger partial charge in [0.15, 0.2) is 5.82 Å². The van der Waals surface area contributed by atoms with Gasteiger partial charge in [0.25, 0.3) is 0 Å². The van der Waals surface area contributed by atoms with Gasteiger partial charge >= 0.3 is 6.09 Å². The van der Waals surface area contributed by atoms with Crippen molar-refractivity contribution in [3.63, 3.8) is 0 Å². The van der Waals surface area contributed by atoms with Crippen molar-refractivity contribution in [2.45, 2.75) is 26.8 Å². The first-order chi connectivity index (χ1) is 10.1. The van der Waals surface area contributed by atoms with E-state index in [1.165, 1.54) is 0 Å². The van der Waals surface area contributed by atoms with Crippen LogP contribution in [0.3, 0.4) is 0 Å². The summed E-state index contributed by atoms with van der Waals surface area (Å²) in [6, 6.07) is 0.287. The van der Waals surface area contributed by atoms with Crippen LogP contribution in [0.1, 0.15) is 20.8 Å². The molecule has 0 aromatic carbocycles. The van der Waals surface area contributed by atoms with Gasteiger partial charge in [-0.3, -0.25) is 0 Å². The number of amides is 1. The minimum atomic E-state index is -0.258. The fourth-order valence-electron chi connectivity index (χ4n) is 2.10. The second-order valence-electron chi connectivity index (χ2n) is 5.11. The zero-order chi connectivity index (χ0) is 15.2. The second-order valence-corrected chi connectivity index (χ2v) is 5.11. The maximum Gasteiger partial charge on any atom is 0.409 e. The highest BCUT2D eigenvalue weighted by Gasteiger charge is 2.23. The molecule has 0 atom stereocenters. The van der Waals surface area contributed by atoms with Crippen molar-refractivity contribution in [1.82, 2.24) is 20.1 Å². The van der Waals surface area contributed by atoms with E-state index in [4.69, 9.17) is 4.74 Å². The van der Waals surface area contributed by atoms with Crippen LogP contribution in [0.15, 0.2) is 6.20 Å². The summed E-state index contributed by atoms with van der Waals surface area (Å²) >= 11 is 0. The molecule has 2 rings (SSSR count). The molecule has 1 aromatic rings. The molecular formula is C13H22N6O2. The molecule has 1 aromatic heterocycles. The van der Waals surface area contributed by atoms with E-state index >= 15 is 0 Å². The minimum Gasteiger partial charge on any atom is -0.450 e. The first-order valence-electron chi connectivity index (χ1n) is 7.23. The van der Waals surface area contributed by atoms with Crippen LogP contribution in [0.4, 0.5) is 16.6 Å². The number of nitrogens with one attached hydrogen (secondary N) is 1. The van der Waals surface area contributed by atoms with E-state index in [0.717, 1.165) is 0 Å². The number of nitrogens with zero attached hydrogens (tertiary/aromatic N) is 5. The third kappa shape index (κ3) is 4.17. The predicted octanol–water partition coefficient (Wildman–Crippen LogP) is 0.970. The molecule has 1 N–H and O–H groups in total. The average molecular weight is 294 g/mol. The van der Waals surface area contributed by atoms with Crippen LogP contribution >= 0.6 is 0 Å². The number of hydrogen-bond acceptors (Lipinski definition) is 7. The van der Waals surface area contributed by atoms with Crippen molar-refractivity contribution in [3.8, 4) is 0 Å². The number of piperazine rings is 1. The summed E-state index contributed by atoms with van der Waals surface area (Å²) < 4.78 is 5.00. The Balaban J connectivity index is 1.94. The monoisotopic (exact) mass is 294 g/mol. The summed E-state index contributed by atoms with van der Waals surface area (Å²) in [5.74, 6) is 1.30. The number of rotatable bonds is 4. The Hall–Kier alpha value is -2.12. The highest BCUT2D eigenvalue weighted by atomic mass is 16.6. The van der Waals surface area contributed by atoms with Crippen molar-refractivity contribution >= 4 is 17.9 Å². The zero-order valence-electron chi connectivity index (χ0n) is 12.7. The van der Waals surface area contributed by atoms with Crippen molar-refractivity contribution in [2.75, 3.05) is 43.0 Å². The highest BCUT2D eigenvalue weighted by Crippen LogP contribution is 2.13. The van der Waals surface area contributed by atoms with Crippen LogP contribution in [0.25, 0.3) is 0 Å². The Morgan fingerprint density at radius 1 is 1.38 bits per heavy atom. The predicted molar refractivity (Wildman–Crippen MR) is 79.4 cm³/mol. The van der Waals surface area contributed by atoms with Gasteiger partial charge in [-0.25, -0.2) is 4.79 Å². The van der Waals surface area contributed by atoms with E-state index in [1.54, 1.807) is 18.0 Å². The molecule has 8 nitrogen and oxygen atoms in total. The smallest absolute Gasteiger partial charge is 0.409 e. The van der Waals surface area contributed by atoms with E-state index in [9.17, 15) is 4.79 Å². The Morgan fingerprint density at radius 3 is 2.71 bits per heavy atom. The molecule has 21 heavy (non-hydrogen) atoms. The summed E-state index contributed by atoms with van der Waals surface area (Å²) in [7, 11) is 0. The first-order valence-corrected chi connectivity index (χ1v) is 7.23. The van der Waals surface area contributed by atoms with Gasteiger partial charge in [-0.05, 0) is 20.8 Å². The molecule has 1 fully saturated rings. The molecule has 0 unspecified atom stereocenters. The van der Waals surface area contributed by atoms with Gasteiger partial charge < -0.3 is 19.9 Å². The van der Waals surface area contributed by atoms with Crippen LogP contribution < -0.4 is 10.2 Å². The number of anilines is 2. The molecule has 0 spiro atoms. The molecule has 0 bridgehead atoms. The van der Waals surface area contributed by atoms with E-state index in [0.29, 0.717) is 44.6 Å². The SMILES string of the molecule is CCOC(=O)N1CCN(c2nncc(NC(C)C)n2)CC1. The Kier molecular flexibility index (Phi) is 5.13. The third-order valence-corrected chi connectivity index (χ3v) is 3.07. The molecular weight excluding hydrogens is 272 g/mol. The van der Waals surface area contributed by atoms with Crippen LogP contribution in [0, 0.1) is 0 Å². The molecule has 116 valence electrons. The quantitative estimate of drug-likeness (QED) is 0.885. The van der Waals surface area contributed by atoms with Crippen LogP contribution in [0.2, 0.25) is 0 Å². The fourth-order valence-corrected chi connectivity index (χ4v) is 2.10. The lowest BCUT2D eigenvalue weighted by molar-refractivity contribution is 0.105. The van der Waals surface area contributed by atoms with Crippen LogP contribution in [-0.2, 0) is 4.74 Å². The summed E-state index contributed by atoms with van der Waals surface area (Å²) in [6.07, 6.45) is 1.35. The molecule has 8 heteroatoms. The standard InChI is InChI=1S/C13H22N6O2/c1-4-21-13(20)19-7-5-18(6-8-19)12-16-11(9-14-17-12)15-10(2)3/h9-10H,4-8H2,1-3H3,(H,15,16,17). The fraction of sp³-hybridized carbons (Fsp3) is 0.692. The van der Waals surface area contributed by atoms with Crippen molar-refractivity contribution < 1.29 is 9.53 Å². The van der Waals surface area contributed by atoms with E-state index in [-0.39, 0.29) is 12.1 Å². The molecule has 0 radical (unpaired) electrons. The average Bonchev–Trinajstić information content (AvgIpc) is 2.47. The van der Waals surface area contributed by atoms with Gasteiger partial charge in [-0.2, -0.15) is 10.1 Å². The molecule has 1 aliphatic rings. The summed E-state index contributed by atoms with van der Waals surface area (Å²) in [5, 5.41) is 11.2. The Labute approximate surface area is 124 Å². The van der Waals surface area contributed by atoms with E-state index in [1.807, 2.05) is 18.7 Å². The van der Waals surface area contributed by atoms with Crippen molar-refractivity contribution in [1.29, 1.82) is 0 Å². The van der Waals surface area contributed by atoms with Gasteiger partial charge in [0.05, 0.1) is 12.8 Å². The van der Waals surface area contributed by atoms with Crippen molar-refractivity contribution in [2.24, 2.45) is 0 Å². The summed E-state index contributed by atoms with van der Waals surface area (Å²) in [6.45, 7) is 8.83. The molecule has 0 aliphatic carbocycles. The summed E-state index contributed by atoms with van der Waals surface area (Å²) in [5.41, 5.74) is 0. The number of carbonyl (C=O) groups excluding carboxylic acids is 1. The Bertz CT molecular complexity index is 473. The number of ether oxygens (including phenoxy) is 1. The van der Waals surface area contributed by atoms with Crippen LogP contribution in [0.5, 0.6) is 0 Å². The topological polar surface area (TPSA) is 83.5 Å². The number of hydrogen-bond donors (Lipinski definition) is 1. The maximum atomic E-state index is 11.6. The van der Waals surface area contributed by atoms with Gasteiger partial charge in [0.2, 0.25) is 5.95 Å². The van der Waals surface area contributed by atoms with Gasteiger partial charge in [0, 0.05) is 32.2 Å². The first kappa shape index (κ1) is 15.3. The lowest BCUT2D eigenvalue weighted by Gasteiger charge is -2.33. The zero-order valence-corrected chi connectivity index (χ0v) is 12.7. The third-order valence-electron chi connectivity index (χ3n) is 3.07. The normalized spacial score (nSPS) is 15.2. The molecule has 2 heterocycles. The molecule has 1 aliphatic heterocycles.